The third-order valence-corrected chi connectivity index (χ3v) is 3.64. The number of ketones is 1. The van der Waals surface area contributed by atoms with E-state index in [-0.39, 0.29) is 5.78 Å². The molecule has 0 aromatic heterocycles. The van der Waals surface area contributed by atoms with Gasteiger partial charge in [-0.2, -0.15) is 0 Å². The summed E-state index contributed by atoms with van der Waals surface area (Å²) >= 11 is 0. The smallest absolute Gasteiger partial charge is 0.163 e. The zero-order valence-electron chi connectivity index (χ0n) is 11.4. The summed E-state index contributed by atoms with van der Waals surface area (Å²) in [5.41, 5.74) is 4.06. The van der Waals surface area contributed by atoms with Crippen LogP contribution >= 0.6 is 0 Å². The normalized spacial score (nSPS) is 16.1. The van der Waals surface area contributed by atoms with Crippen LogP contribution in [-0.4, -0.2) is 12.9 Å². The molecule has 0 N–H and O–H groups in total. The van der Waals surface area contributed by atoms with E-state index in [9.17, 15) is 4.79 Å². The van der Waals surface area contributed by atoms with E-state index in [0.717, 1.165) is 28.9 Å². The van der Waals surface area contributed by atoms with E-state index in [1.807, 2.05) is 48.5 Å². The van der Waals surface area contributed by atoms with Gasteiger partial charge < -0.3 is 4.74 Å². The first-order chi connectivity index (χ1) is 9.78. The summed E-state index contributed by atoms with van der Waals surface area (Å²) in [6.07, 6.45) is 3.36. The number of carbonyl (C=O) groups excluding carboxylic acids is 1. The first kappa shape index (κ1) is 12.7. The van der Waals surface area contributed by atoms with E-state index in [2.05, 4.69) is 6.07 Å². The van der Waals surface area contributed by atoms with Crippen molar-refractivity contribution in [2.75, 3.05) is 7.11 Å². The molecule has 2 aromatic carbocycles. The van der Waals surface area contributed by atoms with Gasteiger partial charge in [0, 0.05) is 12.0 Å². The quantitative estimate of drug-likeness (QED) is 0.772. The van der Waals surface area contributed by atoms with Crippen LogP contribution in [0.2, 0.25) is 0 Å². The van der Waals surface area contributed by atoms with E-state index in [1.165, 1.54) is 5.56 Å². The average Bonchev–Trinajstić information content (AvgIpc) is 2.51. The summed E-state index contributed by atoms with van der Waals surface area (Å²) in [5, 5.41) is 0. The summed E-state index contributed by atoms with van der Waals surface area (Å²) in [5.74, 6) is 0.993. The molecule has 0 aliphatic heterocycles. The maximum atomic E-state index is 12.3. The number of allylic oxidation sites excluding steroid dienone is 1. The highest BCUT2D eigenvalue weighted by Crippen LogP contribution is 2.32. The number of Topliss-reactive ketones (excluding diaryl/α,β-unsaturated/α-hetero) is 1. The summed E-state index contributed by atoms with van der Waals surface area (Å²) < 4.78 is 5.28. The van der Waals surface area contributed by atoms with Gasteiger partial charge in [-0.3, -0.25) is 4.79 Å². The van der Waals surface area contributed by atoms with Crippen LogP contribution < -0.4 is 4.74 Å². The highest BCUT2D eigenvalue weighted by molar-refractivity contribution is 6.26. The molecule has 2 heteroatoms. The molecule has 100 valence electrons. The molecule has 2 nitrogen and oxygen atoms in total. The maximum absolute atomic E-state index is 12.3. The molecule has 0 fully saturated rings. The second-order valence-electron chi connectivity index (χ2n) is 4.91. The number of carbonyl (C=O) groups is 1. The Kier molecular flexibility index (Phi) is 3.38. The van der Waals surface area contributed by atoms with Crippen LogP contribution in [0, 0.1) is 0 Å². The van der Waals surface area contributed by atoms with Crippen LogP contribution in [0.25, 0.3) is 11.6 Å². The minimum atomic E-state index is 0.203. The van der Waals surface area contributed by atoms with Gasteiger partial charge in [0.25, 0.3) is 0 Å². The molecule has 0 radical (unpaired) electrons. The molecule has 1 aliphatic carbocycles. The monoisotopic (exact) mass is 264 g/mol. The molecule has 0 saturated heterocycles. The van der Waals surface area contributed by atoms with Crippen molar-refractivity contribution in [2.24, 2.45) is 0 Å². The number of ether oxygens (including phenoxy) is 1. The standard InChI is InChI=1S/C18H16O2/c1-20-15-9-7-14-8-10-18(19)17(16(14)12-15)11-13-5-3-2-4-6-13/h2-7,9,11-12H,8,10H2,1H3/b17-11+. The van der Waals surface area contributed by atoms with E-state index in [0.29, 0.717) is 6.42 Å². The first-order valence-electron chi connectivity index (χ1n) is 6.75. The Morgan fingerprint density at radius 1 is 1.05 bits per heavy atom. The van der Waals surface area contributed by atoms with Crippen molar-refractivity contribution >= 4 is 17.4 Å². The van der Waals surface area contributed by atoms with Gasteiger partial charge in [0.15, 0.2) is 5.78 Å². The summed E-state index contributed by atoms with van der Waals surface area (Å²) in [6, 6.07) is 15.9. The molecule has 0 saturated carbocycles. The van der Waals surface area contributed by atoms with Gasteiger partial charge >= 0.3 is 0 Å². The lowest BCUT2D eigenvalue weighted by Gasteiger charge is -2.19. The van der Waals surface area contributed by atoms with Crippen molar-refractivity contribution in [3.05, 3.63) is 65.2 Å². The third kappa shape index (κ3) is 2.37. The van der Waals surface area contributed by atoms with Crippen LogP contribution in [0.4, 0.5) is 0 Å². The van der Waals surface area contributed by atoms with Gasteiger partial charge in [-0.25, -0.2) is 0 Å². The van der Waals surface area contributed by atoms with Crippen molar-refractivity contribution in [2.45, 2.75) is 12.8 Å². The Morgan fingerprint density at radius 3 is 2.60 bits per heavy atom. The fourth-order valence-corrected chi connectivity index (χ4v) is 2.56. The number of hydrogen-bond acceptors (Lipinski definition) is 2. The lowest BCUT2D eigenvalue weighted by molar-refractivity contribution is -0.113. The number of fused-ring (bicyclic) bond motifs is 1. The van der Waals surface area contributed by atoms with Gasteiger partial charge in [0.05, 0.1) is 7.11 Å². The number of rotatable bonds is 2. The third-order valence-electron chi connectivity index (χ3n) is 3.64. The van der Waals surface area contributed by atoms with Crippen LogP contribution in [0.3, 0.4) is 0 Å². The fourth-order valence-electron chi connectivity index (χ4n) is 2.56. The minimum Gasteiger partial charge on any atom is -0.497 e. The Morgan fingerprint density at radius 2 is 1.85 bits per heavy atom. The largest absolute Gasteiger partial charge is 0.497 e. The Bertz CT molecular complexity index is 669. The number of hydrogen-bond donors (Lipinski definition) is 0. The molecular weight excluding hydrogens is 248 g/mol. The highest BCUT2D eigenvalue weighted by Gasteiger charge is 2.21. The Hall–Kier alpha value is -2.35. The summed E-state index contributed by atoms with van der Waals surface area (Å²) in [7, 11) is 1.65. The minimum absolute atomic E-state index is 0.203. The average molecular weight is 264 g/mol. The topological polar surface area (TPSA) is 26.3 Å². The molecule has 1 aliphatic rings. The number of benzene rings is 2. The molecule has 0 spiro atoms. The SMILES string of the molecule is COc1ccc2c(c1)/C(=C\c1ccccc1)C(=O)CC2. The van der Waals surface area contributed by atoms with Crippen molar-refractivity contribution in [3.63, 3.8) is 0 Å². The summed E-state index contributed by atoms with van der Waals surface area (Å²) in [6.45, 7) is 0. The van der Waals surface area contributed by atoms with Crippen LogP contribution in [0.15, 0.2) is 48.5 Å². The van der Waals surface area contributed by atoms with Gasteiger partial charge in [0.1, 0.15) is 5.75 Å². The van der Waals surface area contributed by atoms with Crippen LogP contribution in [-0.2, 0) is 11.2 Å². The van der Waals surface area contributed by atoms with Crippen molar-refractivity contribution in [1.82, 2.24) is 0 Å². The number of methoxy groups -OCH3 is 1. The predicted octanol–water partition coefficient (Wildman–Crippen LogP) is 3.75. The first-order valence-corrected chi connectivity index (χ1v) is 6.75. The van der Waals surface area contributed by atoms with E-state index < -0.39 is 0 Å². The molecule has 20 heavy (non-hydrogen) atoms. The maximum Gasteiger partial charge on any atom is 0.163 e. The lowest BCUT2D eigenvalue weighted by atomic mass is 9.85. The second-order valence-corrected chi connectivity index (χ2v) is 4.91. The van der Waals surface area contributed by atoms with Crippen molar-refractivity contribution in [1.29, 1.82) is 0 Å². The van der Waals surface area contributed by atoms with E-state index >= 15 is 0 Å². The summed E-state index contributed by atoms with van der Waals surface area (Å²) in [4.78, 5) is 12.3. The second kappa shape index (κ2) is 5.33. The van der Waals surface area contributed by atoms with Crippen LogP contribution in [0.1, 0.15) is 23.1 Å². The Labute approximate surface area is 118 Å². The van der Waals surface area contributed by atoms with Crippen LogP contribution in [0.5, 0.6) is 5.75 Å². The fraction of sp³-hybridized carbons (Fsp3) is 0.167. The lowest BCUT2D eigenvalue weighted by Crippen LogP contribution is -2.12. The highest BCUT2D eigenvalue weighted by atomic mass is 16.5. The van der Waals surface area contributed by atoms with Gasteiger partial charge in [0.2, 0.25) is 0 Å². The van der Waals surface area contributed by atoms with E-state index in [1.54, 1.807) is 7.11 Å². The molecule has 3 rings (SSSR count). The molecule has 0 bridgehead atoms. The molecule has 0 atom stereocenters. The van der Waals surface area contributed by atoms with Gasteiger partial charge in [-0.1, -0.05) is 36.4 Å². The zero-order chi connectivity index (χ0) is 13.9. The molecule has 0 amide bonds. The van der Waals surface area contributed by atoms with Gasteiger partial charge in [-0.15, -0.1) is 0 Å². The Balaban J connectivity index is 2.12. The van der Waals surface area contributed by atoms with Crippen molar-refractivity contribution < 1.29 is 9.53 Å². The molecule has 2 aromatic rings. The van der Waals surface area contributed by atoms with Gasteiger partial charge in [-0.05, 0) is 41.3 Å². The molecule has 0 unspecified atom stereocenters. The molecule has 0 heterocycles. The van der Waals surface area contributed by atoms with E-state index in [4.69, 9.17) is 4.74 Å². The zero-order valence-corrected chi connectivity index (χ0v) is 11.4. The number of aryl methyl sites for hydroxylation is 1. The predicted molar refractivity (Wildman–Crippen MR) is 80.6 cm³/mol. The van der Waals surface area contributed by atoms with Crippen molar-refractivity contribution in [3.8, 4) is 5.75 Å². The molecular formula is C18H16O2.